The topological polar surface area (TPSA) is 56.8 Å². The minimum absolute atomic E-state index is 0.0519. The van der Waals surface area contributed by atoms with Gasteiger partial charge < -0.3 is 14.7 Å². The Labute approximate surface area is 175 Å². The summed E-state index contributed by atoms with van der Waals surface area (Å²) in [5, 5.41) is 0. The maximum absolute atomic E-state index is 13.2. The van der Waals surface area contributed by atoms with Crippen LogP contribution in [0.2, 0.25) is 0 Å². The molecule has 152 valence electrons. The molecule has 1 aromatic carbocycles. The number of amides is 2. The number of piperazine rings is 1. The van der Waals surface area contributed by atoms with E-state index in [-0.39, 0.29) is 11.8 Å². The Kier molecular flexibility index (Phi) is 6.34. The molecule has 0 aliphatic carbocycles. The minimum Gasteiger partial charge on any atom is -0.368 e. The number of rotatable bonds is 5. The third-order valence-corrected chi connectivity index (χ3v) is 6.58. The molecule has 2 amide bonds. The second-order valence-electron chi connectivity index (χ2n) is 7.36. The van der Waals surface area contributed by atoms with Crippen molar-refractivity contribution in [1.29, 1.82) is 0 Å². The first-order valence-electron chi connectivity index (χ1n) is 10.2. The number of thioether (sulfide) groups is 1. The molecule has 2 aromatic rings. The van der Waals surface area contributed by atoms with Crippen molar-refractivity contribution in [2.45, 2.75) is 17.7 Å². The Hall–Kier alpha value is -2.54. The summed E-state index contributed by atoms with van der Waals surface area (Å²) < 4.78 is 0. The van der Waals surface area contributed by atoms with E-state index in [0.29, 0.717) is 24.4 Å². The molecule has 2 aliphatic heterocycles. The minimum atomic E-state index is 0.0519. The molecule has 0 saturated carbocycles. The van der Waals surface area contributed by atoms with Gasteiger partial charge in [-0.25, -0.2) is 0 Å². The Balaban J connectivity index is 1.37. The molecule has 2 saturated heterocycles. The SMILES string of the molecule is O=C(CSc1ccccc1C(=O)N1CCN(c2ccncc2)CC1)N1CCCC1. The van der Waals surface area contributed by atoms with E-state index in [1.807, 2.05) is 46.2 Å². The van der Waals surface area contributed by atoms with Crippen LogP contribution in [-0.2, 0) is 4.79 Å². The summed E-state index contributed by atoms with van der Waals surface area (Å²) >= 11 is 1.48. The molecule has 0 N–H and O–H groups in total. The molecule has 0 atom stereocenters. The van der Waals surface area contributed by atoms with E-state index in [4.69, 9.17) is 0 Å². The lowest BCUT2D eigenvalue weighted by Gasteiger charge is -2.36. The average molecular weight is 411 g/mol. The number of pyridine rings is 1. The van der Waals surface area contributed by atoms with E-state index in [1.165, 1.54) is 11.8 Å². The highest BCUT2D eigenvalue weighted by Crippen LogP contribution is 2.26. The van der Waals surface area contributed by atoms with Crippen LogP contribution in [0.4, 0.5) is 5.69 Å². The van der Waals surface area contributed by atoms with Gasteiger partial charge in [0.1, 0.15) is 0 Å². The fourth-order valence-electron chi connectivity index (χ4n) is 3.86. The molecule has 0 spiro atoms. The average Bonchev–Trinajstić information content (AvgIpc) is 3.33. The molecule has 7 heteroatoms. The lowest BCUT2D eigenvalue weighted by molar-refractivity contribution is -0.127. The summed E-state index contributed by atoms with van der Waals surface area (Å²) in [6, 6.07) is 11.7. The van der Waals surface area contributed by atoms with Gasteiger partial charge in [-0.3, -0.25) is 14.6 Å². The highest BCUT2D eigenvalue weighted by molar-refractivity contribution is 8.00. The molecule has 2 aliphatic rings. The van der Waals surface area contributed by atoms with E-state index in [0.717, 1.165) is 49.6 Å². The van der Waals surface area contributed by atoms with Crippen LogP contribution in [0.3, 0.4) is 0 Å². The summed E-state index contributed by atoms with van der Waals surface area (Å²) in [7, 11) is 0. The number of benzene rings is 1. The van der Waals surface area contributed by atoms with Crippen LogP contribution < -0.4 is 4.90 Å². The van der Waals surface area contributed by atoms with Crippen LogP contribution in [0.5, 0.6) is 0 Å². The van der Waals surface area contributed by atoms with Gasteiger partial charge in [0.05, 0.1) is 11.3 Å². The standard InChI is InChI=1S/C22H26N4O2S/c27-21(25-11-3-4-12-25)17-29-20-6-2-1-5-19(20)22(28)26-15-13-24(14-16-26)18-7-9-23-10-8-18/h1-2,5-10H,3-4,11-17H2. The first kappa shape index (κ1) is 19.8. The predicted molar refractivity (Wildman–Crippen MR) is 115 cm³/mol. The summed E-state index contributed by atoms with van der Waals surface area (Å²) in [5.74, 6) is 0.608. The van der Waals surface area contributed by atoms with Crippen molar-refractivity contribution in [3.8, 4) is 0 Å². The molecule has 1 aromatic heterocycles. The van der Waals surface area contributed by atoms with Gasteiger partial charge in [-0.2, -0.15) is 0 Å². The van der Waals surface area contributed by atoms with Crippen molar-refractivity contribution in [1.82, 2.24) is 14.8 Å². The van der Waals surface area contributed by atoms with Gasteiger partial charge in [-0.05, 0) is 37.1 Å². The van der Waals surface area contributed by atoms with Crippen molar-refractivity contribution in [3.63, 3.8) is 0 Å². The Morgan fingerprint density at radius 2 is 1.55 bits per heavy atom. The predicted octanol–water partition coefficient (Wildman–Crippen LogP) is 2.76. The quantitative estimate of drug-likeness (QED) is 0.710. The van der Waals surface area contributed by atoms with Gasteiger partial charge in [0.25, 0.3) is 5.91 Å². The number of hydrogen-bond acceptors (Lipinski definition) is 5. The fourth-order valence-corrected chi connectivity index (χ4v) is 4.81. The van der Waals surface area contributed by atoms with Crippen molar-refractivity contribution in [2.24, 2.45) is 0 Å². The van der Waals surface area contributed by atoms with E-state index in [1.54, 1.807) is 12.4 Å². The van der Waals surface area contributed by atoms with Crippen LogP contribution in [0, 0.1) is 0 Å². The highest BCUT2D eigenvalue weighted by atomic mass is 32.2. The van der Waals surface area contributed by atoms with Gasteiger partial charge in [-0.1, -0.05) is 12.1 Å². The summed E-state index contributed by atoms with van der Waals surface area (Å²) in [6.45, 7) is 4.71. The van der Waals surface area contributed by atoms with Crippen LogP contribution in [0.25, 0.3) is 0 Å². The molecule has 3 heterocycles. The Morgan fingerprint density at radius 1 is 0.862 bits per heavy atom. The molecule has 6 nitrogen and oxygen atoms in total. The van der Waals surface area contributed by atoms with Gasteiger partial charge in [0, 0.05) is 62.2 Å². The van der Waals surface area contributed by atoms with Crippen LogP contribution in [0.15, 0.2) is 53.7 Å². The van der Waals surface area contributed by atoms with E-state index < -0.39 is 0 Å². The highest BCUT2D eigenvalue weighted by Gasteiger charge is 2.25. The van der Waals surface area contributed by atoms with E-state index >= 15 is 0 Å². The van der Waals surface area contributed by atoms with Gasteiger partial charge >= 0.3 is 0 Å². The van der Waals surface area contributed by atoms with E-state index in [2.05, 4.69) is 9.88 Å². The number of hydrogen-bond donors (Lipinski definition) is 0. The van der Waals surface area contributed by atoms with Gasteiger partial charge in [-0.15, -0.1) is 11.8 Å². The second-order valence-corrected chi connectivity index (χ2v) is 8.37. The molecule has 2 fully saturated rings. The smallest absolute Gasteiger partial charge is 0.255 e. The second kappa shape index (κ2) is 9.31. The summed E-state index contributed by atoms with van der Waals surface area (Å²) in [6.07, 6.45) is 5.78. The monoisotopic (exact) mass is 410 g/mol. The van der Waals surface area contributed by atoms with Crippen molar-refractivity contribution >= 4 is 29.3 Å². The lowest BCUT2D eigenvalue weighted by Crippen LogP contribution is -2.48. The van der Waals surface area contributed by atoms with E-state index in [9.17, 15) is 9.59 Å². The largest absolute Gasteiger partial charge is 0.368 e. The van der Waals surface area contributed by atoms with Crippen LogP contribution in [0.1, 0.15) is 23.2 Å². The van der Waals surface area contributed by atoms with Crippen molar-refractivity contribution in [3.05, 3.63) is 54.4 Å². The Bertz CT molecular complexity index is 847. The summed E-state index contributed by atoms with van der Waals surface area (Å²) in [4.78, 5) is 36.6. The molecular weight excluding hydrogens is 384 g/mol. The van der Waals surface area contributed by atoms with Gasteiger partial charge in [0.2, 0.25) is 5.91 Å². The first-order chi connectivity index (χ1) is 14.2. The molecule has 29 heavy (non-hydrogen) atoms. The molecule has 4 rings (SSSR count). The number of anilines is 1. The normalized spacial score (nSPS) is 16.9. The fraction of sp³-hybridized carbons (Fsp3) is 0.409. The molecule has 0 unspecified atom stereocenters. The zero-order valence-corrected chi connectivity index (χ0v) is 17.3. The third-order valence-electron chi connectivity index (χ3n) is 5.52. The van der Waals surface area contributed by atoms with Gasteiger partial charge in [0.15, 0.2) is 0 Å². The van der Waals surface area contributed by atoms with Crippen molar-refractivity contribution in [2.75, 3.05) is 49.9 Å². The zero-order valence-electron chi connectivity index (χ0n) is 16.5. The molecule has 0 bridgehead atoms. The maximum atomic E-state index is 13.2. The summed E-state index contributed by atoms with van der Waals surface area (Å²) in [5.41, 5.74) is 1.84. The number of nitrogens with zero attached hydrogens (tertiary/aromatic N) is 4. The third kappa shape index (κ3) is 4.72. The molecular formula is C22H26N4O2S. The number of carbonyl (C=O) groups is 2. The molecule has 0 radical (unpaired) electrons. The lowest BCUT2D eigenvalue weighted by atomic mass is 10.1. The zero-order chi connectivity index (χ0) is 20.1. The number of aromatic nitrogens is 1. The van der Waals surface area contributed by atoms with Crippen molar-refractivity contribution < 1.29 is 9.59 Å². The number of likely N-dealkylation sites (tertiary alicyclic amines) is 1. The number of carbonyl (C=O) groups excluding carboxylic acids is 2. The first-order valence-corrected chi connectivity index (χ1v) is 11.1. The maximum Gasteiger partial charge on any atom is 0.255 e. The van der Waals surface area contributed by atoms with Crippen LogP contribution in [-0.4, -0.2) is 71.6 Å². The van der Waals surface area contributed by atoms with Crippen LogP contribution >= 0.6 is 11.8 Å². The Morgan fingerprint density at radius 3 is 2.28 bits per heavy atom.